The normalized spacial score (nSPS) is 12.8. The molecule has 0 spiro atoms. The Kier molecular flexibility index (Phi) is 64.3. The van der Waals surface area contributed by atoms with Gasteiger partial charge in [0.2, 0.25) is 0 Å². The average molecular weight is 1110 g/mol. The molecule has 1 unspecified atom stereocenters. The molecule has 6 heteroatoms. The van der Waals surface area contributed by atoms with Gasteiger partial charge in [-0.3, -0.25) is 14.4 Å². The quantitative estimate of drug-likeness (QED) is 0.0261. The molecule has 0 saturated carbocycles. The molecule has 0 saturated heterocycles. The average Bonchev–Trinajstić information content (AvgIpc) is 3.46. The van der Waals surface area contributed by atoms with E-state index in [4.69, 9.17) is 14.2 Å². The second-order valence-electron chi connectivity index (χ2n) is 22.3. The molecular weight excluding hydrogens is 985 g/mol. The Balaban J connectivity index is 4.40. The van der Waals surface area contributed by atoms with E-state index in [9.17, 15) is 14.4 Å². The number of carbonyl (C=O) groups excluding carboxylic acids is 3. The third kappa shape index (κ3) is 64.9. The largest absolute Gasteiger partial charge is 0.462 e. The van der Waals surface area contributed by atoms with Gasteiger partial charge in [0, 0.05) is 19.3 Å². The highest BCUT2D eigenvalue weighted by molar-refractivity contribution is 5.71. The van der Waals surface area contributed by atoms with Crippen molar-refractivity contribution < 1.29 is 28.6 Å². The van der Waals surface area contributed by atoms with Crippen molar-refractivity contribution in [3.05, 3.63) is 109 Å². The fourth-order valence-electron chi connectivity index (χ4n) is 9.44. The van der Waals surface area contributed by atoms with Gasteiger partial charge in [0.05, 0.1) is 0 Å². The van der Waals surface area contributed by atoms with Crippen molar-refractivity contribution in [1.82, 2.24) is 0 Å². The molecule has 0 fully saturated rings. The van der Waals surface area contributed by atoms with Crippen LogP contribution in [0.15, 0.2) is 109 Å². The first-order valence-electron chi connectivity index (χ1n) is 33.9. The predicted molar refractivity (Wildman–Crippen MR) is 348 cm³/mol. The van der Waals surface area contributed by atoms with E-state index in [-0.39, 0.29) is 31.6 Å². The molecule has 1 atom stereocenters. The lowest BCUT2D eigenvalue weighted by Gasteiger charge is -2.18. The molecule has 0 aliphatic carbocycles. The summed E-state index contributed by atoms with van der Waals surface area (Å²) < 4.78 is 16.9. The van der Waals surface area contributed by atoms with Gasteiger partial charge in [-0.2, -0.15) is 0 Å². The highest BCUT2D eigenvalue weighted by Crippen LogP contribution is 2.16. The maximum absolute atomic E-state index is 12.9. The summed E-state index contributed by atoms with van der Waals surface area (Å²) in [4.78, 5) is 38.3. The summed E-state index contributed by atoms with van der Waals surface area (Å²) in [6, 6.07) is 0. The van der Waals surface area contributed by atoms with Crippen molar-refractivity contribution in [3.63, 3.8) is 0 Å². The van der Waals surface area contributed by atoms with E-state index in [0.717, 1.165) is 96.3 Å². The highest BCUT2D eigenvalue weighted by atomic mass is 16.6. The maximum Gasteiger partial charge on any atom is 0.306 e. The van der Waals surface area contributed by atoms with Crippen LogP contribution in [0, 0.1) is 0 Å². The van der Waals surface area contributed by atoms with Gasteiger partial charge in [0.25, 0.3) is 0 Å². The minimum absolute atomic E-state index is 0.110. The maximum atomic E-state index is 12.9. The van der Waals surface area contributed by atoms with E-state index in [1.54, 1.807) is 0 Å². The van der Waals surface area contributed by atoms with Crippen LogP contribution in [0.2, 0.25) is 0 Å². The van der Waals surface area contributed by atoms with Gasteiger partial charge in [-0.15, -0.1) is 0 Å². The second kappa shape index (κ2) is 67.6. The Hall–Kier alpha value is -3.93. The number of carbonyl (C=O) groups is 3. The van der Waals surface area contributed by atoms with Gasteiger partial charge < -0.3 is 14.2 Å². The lowest BCUT2D eigenvalue weighted by molar-refractivity contribution is -0.166. The van der Waals surface area contributed by atoms with Gasteiger partial charge in [-0.1, -0.05) is 297 Å². The van der Waals surface area contributed by atoms with Crippen molar-refractivity contribution in [2.45, 2.75) is 329 Å². The van der Waals surface area contributed by atoms with Gasteiger partial charge >= 0.3 is 17.9 Å². The Morgan fingerprint density at radius 3 is 0.825 bits per heavy atom. The van der Waals surface area contributed by atoms with Crippen molar-refractivity contribution in [1.29, 1.82) is 0 Å². The summed E-state index contributed by atoms with van der Waals surface area (Å²) in [7, 11) is 0. The number of allylic oxidation sites excluding steroid dienone is 18. The molecular formula is C74H126O6. The molecule has 80 heavy (non-hydrogen) atoms. The van der Waals surface area contributed by atoms with Crippen LogP contribution in [0.3, 0.4) is 0 Å². The summed E-state index contributed by atoms with van der Waals surface area (Å²) in [5.41, 5.74) is 0. The van der Waals surface area contributed by atoms with E-state index in [2.05, 4.69) is 124 Å². The summed E-state index contributed by atoms with van der Waals surface area (Å²) >= 11 is 0. The minimum Gasteiger partial charge on any atom is -0.462 e. The molecule has 0 N–H and O–H groups in total. The zero-order chi connectivity index (χ0) is 57.8. The number of esters is 3. The third-order valence-electron chi connectivity index (χ3n) is 14.5. The SMILES string of the molecule is CC/C=C\C/C=C\C/C=C\C/C=C\C/C=C\C/C=C\CCC(=O)OC(COC(=O)CCCCCCC/C=C\CCCCCCCCC)COC(=O)CCCCCCCCCCCCCCCCC/C=C\C/C=C\CCCCCCC. The van der Waals surface area contributed by atoms with E-state index in [1.807, 2.05) is 6.08 Å². The van der Waals surface area contributed by atoms with Gasteiger partial charge in [-0.25, -0.2) is 0 Å². The molecule has 458 valence electrons. The minimum atomic E-state index is -0.825. The van der Waals surface area contributed by atoms with Gasteiger partial charge in [0.15, 0.2) is 6.10 Å². The lowest BCUT2D eigenvalue weighted by Crippen LogP contribution is -2.30. The number of unbranched alkanes of at least 4 members (excludes halogenated alkanes) is 32. The van der Waals surface area contributed by atoms with Crippen LogP contribution in [0.5, 0.6) is 0 Å². The van der Waals surface area contributed by atoms with Crippen LogP contribution in [0.4, 0.5) is 0 Å². The molecule has 0 aromatic heterocycles. The van der Waals surface area contributed by atoms with Crippen LogP contribution in [0.1, 0.15) is 323 Å². The monoisotopic (exact) mass is 1110 g/mol. The van der Waals surface area contributed by atoms with E-state index >= 15 is 0 Å². The van der Waals surface area contributed by atoms with Gasteiger partial charge in [-0.05, 0) is 116 Å². The molecule has 6 nitrogen and oxygen atoms in total. The van der Waals surface area contributed by atoms with Crippen LogP contribution in [0.25, 0.3) is 0 Å². The van der Waals surface area contributed by atoms with Crippen LogP contribution in [-0.4, -0.2) is 37.2 Å². The first-order valence-corrected chi connectivity index (χ1v) is 33.9. The number of hydrogen-bond donors (Lipinski definition) is 0. The summed E-state index contributed by atoms with van der Waals surface area (Å²) in [6.07, 6.45) is 92.6. The van der Waals surface area contributed by atoms with Crippen molar-refractivity contribution in [3.8, 4) is 0 Å². The molecule has 0 amide bonds. The Morgan fingerprint density at radius 2 is 0.512 bits per heavy atom. The number of ether oxygens (including phenoxy) is 3. The summed E-state index contributed by atoms with van der Waals surface area (Å²) in [6.45, 7) is 6.47. The van der Waals surface area contributed by atoms with Crippen LogP contribution >= 0.6 is 0 Å². The van der Waals surface area contributed by atoms with Crippen LogP contribution in [-0.2, 0) is 28.6 Å². The van der Waals surface area contributed by atoms with Crippen molar-refractivity contribution >= 4 is 17.9 Å². The molecule has 0 bridgehead atoms. The van der Waals surface area contributed by atoms with Crippen molar-refractivity contribution in [2.24, 2.45) is 0 Å². The Labute approximate surface area is 495 Å². The van der Waals surface area contributed by atoms with Gasteiger partial charge in [0.1, 0.15) is 13.2 Å². The third-order valence-corrected chi connectivity index (χ3v) is 14.5. The highest BCUT2D eigenvalue weighted by Gasteiger charge is 2.19. The van der Waals surface area contributed by atoms with E-state index in [1.165, 1.54) is 180 Å². The van der Waals surface area contributed by atoms with E-state index < -0.39 is 12.1 Å². The zero-order valence-corrected chi connectivity index (χ0v) is 52.6. The summed E-state index contributed by atoms with van der Waals surface area (Å²) in [5.74, 6) is -0.994. The molecule has 0 aliphatic rings. The molecule has 0 aromatic rings. The van der Waals surface area contributed by atoms with E-state index in [0.29, 0.717) is 19.3 Å². The fraction of sp³-hybridized carbons (Fsp3) is 0.716. The zero-order valence-electron chi connectivity index (χ0n) is 52.6. The smallest absolute Gasteiger partial charge is 0.306 e. The first kappa shape index (κ1) is 76.1. The standard InChI is InChI=1S/C74H126O6/c1-4-7-10-13-16-19-22-25-28-31-33-34-35-36-37-38-39-40-42-43-46-49-52-55-58-61-64-67-73(76)79-70-71(69-78-72(75)66-63-60-57-54-51-48-45-30-27-24-21-18-15-12-9-6-3)80-74(77)68-65-62-59-56-53-50-47-44-41-32-29-26-23-20-17-14-11-8-5-2/h8,11,17,20,22,25-26,29-31,33,41,44-45,50,53,59,62,71H,4-7,9-10,12-16,18-19,21,23-24,27-28,32,34-40,42-43,46-49,51-52,54-58,60-61,63-70H2,1-3H3/b11-8-,20-17-,25-22-,29-26-,33-31-,44-41-,45-30-,53-50-,62-59-. The second-order valence-corrected chi connectivity index (χ2v) is 22.3. The van der Waals surface area contributed by atoms with Crippen molar-refractivity contribution in [2.75, 3.05) is 13.2 Å². The van der Waals surface area contributed by atoms with Crippen LogP contribution < -0.4 is 0 Å². The lowest BCUT2D eigenvalue weighted by atomic mass is 10.0. The summed E-state index contributed by atoms with van der Waals surface area (Å²) in [5, 5.41) is 0. The molecule has 0 aliphatic heterocycles. The molecule has 0 radical (unpaired) electrons. The molecule has 0 rings (SSSR count). The number of rotatable bonds is 61. The first-order chi connectivity index (χ1) is 39.5. The topological polar surface area (TPSA) is 78.9 Å². The Morgan fingerprint density at radius 1 is 0.263 bits per heavy atom. The number of hydrogen-bond acceptors (Lipinski definition) is 6. The Bertz CT molecular complexity index is 1610. The predicted octanol–water partition coefficient (Wildman–Crippen LogP) is 23.4. The molecule has 0 aromatic carbocycles. The molecule has 0 heterocycles. The fourth-order valence-corrected chi connectivity index (χ4v) is 9.44.